The van der Waals surface area contributed by atoms with E-state index in [1.165, 1.54) is 18.3 Å². The molecule has 0 radical (unpaired) electrons. The predicted octanol–water partition coefficient (Wildman–Crippen LogP) is 5.31. The molecule has 1 aliphatic rings. The third-order valence-electron chi connectivity index (χ3n) is 5.82. The number of fused-ring (bicyclic) bond motifs is 2. The van der Waals surface area contributed by atoms with Gasteiger partial charge in [-0.2, -0.15) is 0 Å². The molecule has 8 heteroatoms. The van der Waals surface area contributed by atoms with Crippen molar-refractivity contribution in [2.24, 2.45) is 0 Å². The summed E-state index contributed by atoms with van der Waals surface area (Å²) in [6.07, 6.45) is 3.03. The number of nitrogen functional groups attached to an aromatic ring is 1. The third kappa shape index (κ3) is 3.76. The SMILES string of the molecule is N=Cc1cc(-c2nc3ccc(C(=O)O)cc3nc2N2CCCc3cc(Cl)ccc32)ccc1N. The maximum atomic E-state index is 11.5. The molecule has 0 spiro atoms. The van der Waals surface area contributed by atoms with E-state index in [0.29, 0.717) is 38.8 Å². The largest absolute Gasteiger partial charge is 0.478 e. The van der Waals surface area contributed by atoms with Crippen LogP contribution in [-0.4, -0.2) is 33.8 Å². The number of aromatic carboxylic acids is 1. The number of nitrogens with one attached hydrogen (secondary N) is 1. The van der Waals surface area contributed by atoms with Crippen LogP contribution in [0.15, 0.2) is 54.6 Å². The first-order valence-electron chi connectivity index (χ1n) is 10.5. The molecule has 0 saturated carbocycles. The first-order chi connectivity index (χ1) is 15.9. The highest BCUT2D eigenvalue weighted by Crippen LogP contribution is 2.39. The molecule has 4 N–H and O–H groups in total. The van der Waals surface area contributed by atoms with Gasteiger partial charge in [0.25, 0.3) is 0 Å². The van der Waals surface area contributed by atoms with Crippen LogP contribution in [0.25, 0.3) is 22.3 Å². The molecule has 7 nitrogen and oxygen atoms in total. The first kappa shape index (κ1) is 20.9. The van der Waals surface area contributed by atoms with Crippen molar-refractivity contribution >= 4 is 52.0 Å². The summed E-state index contributed by atoms with van der Waals surface area (Å²) in [6.45, 7) is 0.729. The van der Waals surface area contributed by atoms with Crippen LogP contribution in [0.4, 0.5) is 17.2 Å². The molecule has 0 saturated heterocycles. The zero-order valence-electron chi connectivity index (χ0n) is 17.5. The summed E-state index contributed by atoms with van der Waals surface area (Å²) in [5.74, 6) is -0.398. The Labute approximate surface area is 195 Å². The Morgan fingerprint density at radius 3 is 2.73 bits per heavy atom. The Morgan fingerprint density at radius 1 is 1.09 bits per heavy atom. The summed E-state index contributed by atoms with van der Waals surface area (Å²) in [7, 11) is 0. The minimum atomic E-state index is -1.02. The lowest BCUT2D eigenvalue weighted by Gasteiger charge is -2.32. The maximum absolute atomic E-state index is 11.5. The Balaban J connectivity index is 1.78. The van der Waals surface area contributed by atoms with E-state index in [-0.39, 0.29) is 5.56 Å². The zero-order chi connectivity index (χ0) is 23.1. The molecule has 164 valence electrons. The number of nitrogens with two attached hydrogens (primary N) is 1. The second kappa shape index (κ2) is 8.18. The average molecular weight is 458 g/mol. The highest BCUT2D eigenvalue weighted by Gasteiger charge is 2.24. The van der Waals surface area contributed by atoms with Gasteiger partial charge < -0.3 is 21.1 Å². The summed E-state index contributed by atoms with van der Waals surface area (Å²) < 4.78 is 0. The van der Waals surface area contributed by atoms with Crippen LogP contribution in [0, 0.1) is 5.41 Å². The number of carboxylic acid groups (broad SMARTS) is 1. The van der Waals surface area contributed by atoms with E-state index in [4.69, 9.17) is 32.7 Å². The van der Waals surface area contributed by atoms with E-state index >= 15 is 0 Å². The third-order valence-corrected chi connectivity index (χ3v) is 6.06. The van der Waals surface area contributed by atoms with Gasteiger partial charge in [0.1, 0.15) is 5.69 Å². The topological polar surface area (TPSA) is 116 Å². The molecule has 2 heterocycles. The lowest BCUT2D eigenvalue weighted by molar-refractivity contribution is 0.0697. The van der Waals surface area contributed by atoms with Gasteiger partial charge in [-0.1, -0.05) is 17.7 Å². The molecule has 0 atom stereocenters. The van der Waals surface area contributed by atoms with Gasteiger partial charge in [0.15, 0.2) is 5.82 Å². The molecule has 0 unspecified atom stereocenters. The second-order valence-electron chi connectivity index (χ2n) is 7.92. The van der Waals surface area contributed by atoms with Gasteiger partial charge in [0, 0.05) is 40.3 Å². The number of aromatic nitrogens is 2. The number of aryl methyl sites for hydroxylation is 1. The smallest absolute Gasteiger partial charge is 0.335 e. The summed E-state index contributed by atoms with van der Waals surface area (Å²) in [5.41, 5.74) is 11.9. The van der Waals surface area contributed by atoms with Crippen molar-refractivity contribution < 1.29 is 9.90 Å². The van der Waals surface area contributed by atoms with E-state index in [2.05, 4.69) is 4.90 Å². The lowest BCUT2D eigenvalue weighted by atomic mass is 10.0. The number of rotatable bonds is 4. The lowest BCUT2D eigenvalue weighted by Crippen LogP contribution is -2.26. The fourth-order valence-corrected chi connectivity index (χ4v) is 4.39. The summed E-state index contributed by atoms with van der Waals surface area (Å²) in [5, 5.41) is 17.8. The van der Waals surface area contributed by atoms with Gasteiger partial charge in [0.2, 0.25) is 0 Å². The fraction of sp³-hybridized carbons (Fsp3) is 0.120. The Morgan fingerprint density at radius 2 is 1.94 bits per heavy atom. The van der Waals surface area contributed by atoms with Crippen LogP contribution in [-0.2, 0) is 6.42 Å². The number of carbonyl (C=O) groups is 1. The van der Waals surface area contributed by atoms with E-state index in [1.807, 2.05) is 30.3 Å². The van der Waals surface area contributed by atoms with E-state index in [0.717, 1.165) is 36.2 Å². The fourth-order valence-electron chi connectivity index (χ4n) is 4.19. The van der Waals surface area contributed by atoms with Gasteiger partial charge in [-0.15, -0.1) is 0 Å². The average Bonchev–Trinajstić information content (AvgIpc) is 2.82. The van der Waals surface area contributed by atoms with E-state index in [1.54, 1.807) is 12.1 Å². The Kier molecular flexibility index (Phi) is 5.18. The molecule has 0 amide bonds. The number of hydrogen-bond acceptors (Lipinski definition) is 6. The van der Waals surface area contributed by atoms with Crippen molar-refractivity contribution in [3.63, 3.8) is 0 Å². The molecule has 0 bridgehead atoms. The van der Waals surface area contributed by atoms with Gasteiger partial charge in [-0.05, 0) is 66.9 Å². The van der Waals surface area contributed by atoms with Crippen LogP contribution < -0.4 is 10.6 Å². The van der Waals surface area contributed by atoms with Crippen molar-refractivity contribution in [3.8, 4) is 11.3 Å². The number of benzene rings is 3. The molecular weight excluding hydrogens is 438 g/mol. The highest BCUT2D eigenvalue weighted by atomic mass is 35.5. The van der Waals surface area contributed by atoms with Crippen LogP contribution >= 0.6 is 11.6 Å². The summed E-state index contributed by atoms with van der Waals surface area (Å²) >= 11 is 6.24. The predicted molar refractivity (Wildman–Crippen MR) is 131 cm³/mol. The molecular formula is C25H20ClN5O2. The number of halogens is 1. The molecule has 0 aliphatic carbocycles. The summed E-state index contributed by atoms with van der Waals surface area (Å²) in [4.78, 5) is 23.4. The quantitative estimate of drug-likeness (QED) is 0.282. The highest BCUT2D eigenvalue weighted by molar-refractivity contribution is 6.30. The normalized spacial score (nSPS) is 13.1. The standard InChI is InChI=1S/C25H20ClN5O2/c26-18-5-8-22-14(11-18)2-1-9-31(22)24-23(15-3-6-19(28)17(10-15)13-27)29-20-7-4-16(25(32)33)12-21(20)30-24/h3-8,10-13,27H,1-2,9,28H2,(H,32,33). The molecule has 33 heavy (non-hydrogen) atoms. The van der Waals surface area contributed by atoms with Crippen LogP contribution in [0.3, 0.4) is 0 Å². The number of hydrogen-bond donors (Lipinski definition) is 3. The molecule has 3 aromatic carbocycles. The van der Waals surface area contributed by atoms with Crippen molar-refractivity contribution in [2.45, 2.75) is 12.8 Å². The number of carboxylic acids is 1. The van der Waals surface area contributed by atoms with E-state index in [9.17, 15) is 9.90 Å². The van der Waals surface area contributed by atoms with E-state index < -0.39 is 5.97 Å². The molecule has 0 fully saturated rings. The number of nitrogens with zero attached hydrogens (tertiary/aromatic N) is 3. The molecule has 5 rings (SSSR count). The maximum Gasteiger partial charge on any atom is 0.335 e. The molecule has 1 aromatic heterocycles. The van der Waals surface area contributed by atoms with Crippen molar-refractivity contribution in [1.29, 1.82) is 5.41 Å². The van der Waals surface area contributed by atoms with Crippen molar-refractivity contribution in [3.05, 3.63) is 76.3 Å². The van der Waals surface area contributed by atoms with Crippen molar-refractivity contribution in [2.75, 3.05) is 17.2 Å². The van der Waals surface area contributed by atoms with Gasteiger partial charge in [-0.25, -0.2) is 14.8 Å². The van der Waals surface area contributed by atoms with Gasteiger partial charge in [-0.3, -0.25) is 0 Å². The minimum Gasteiger partial charge on any atom is -0.478 e. The van der Waals surface area contributed by atoms with Crippen LogP contribution in [0.2, 0.25) is 5.02 Å². The monoisotopic (exact) mass is 457 g/mol. The number of anilines is 3. The van der Waals surface area contributed by atoms with Crippen LogP contribution in [0.1, 0.15) is 27.9 Å². The zero-order valence-corrected chi connectivity index (χ0v) is 18.3. The molecule has 4 aromatic rings. The van der Waals surface area contributed by atoms with Gasteiger partial charge >= 0.3 is 5.97 Å². The van der Waals surface area contributed by atoms with Crippen LogP contribution in [0.5, 0.6) is 0 Å². The Bertz CT molecular complexity index is 1440. The Hall–Kier alpha value is -3.97. The minimum absolute atomic E-state index is 0.153. The van der Waals surface area contributed by atoms with Gasteiger partial charge in [0.05, 0.1) is 16.6 Å². The summed E-state index contributed by atoms with van der Waals surface area (Å²) in [6, 6.07) is 16.0. The first-order valence-corrected chi connectivity index (χ1v) is 10.8. The second-order valence-corrected chi connectivity index (χ2v) is 8.36. The van der Waals surface area contributed by atoms with Crippen molar-refractivity contribution in [1.82, 2.24) is 9.97 Å². The molecule has 1 aliphatic heterocycles.